The molecule has 1 unspecified atom stereocenters. The first-order valence-corrected chi connectivity index (χ1v) is 9.83. The molecular weight excluding hydrogens is 368 g/mol. The van der Waals surface area contributed by atoms with Gasteiger partial charge < -0.3 is 19.5 Å². The lowest BCUT2D eigenvalue weighted by atomic mass is 10.2. The standard InChI is InChI=1S/C22H26N4O3/c1-3-26(16-20(27)23-18-11-13-19(28-2)14-12-18)15-7-10-21-24-22(25-29-21)17-8-5-4-6-9-17/h4-6,8-9,11-14H,3,7,10,15-16H2,1-2H3,(H,23,27)/p+1. The lowest BCUT2D eigenvalue weighted by molar-refractivity contribution is -0.890. The maximum atomic E-state index is 12.3. The van der Waals surface area contributed by atoms with Gasteiger partial charge in [0.05, 0.1) is 20.2 Å². The first-order chi connectivity index (χ1) is 14.2. The average Bonchev–Trinajstić information content (AvgIpc) is 3.23. The van der Waals surface area contributed by atoms with Crippen LogP contribution in [0.4, 0.5) is 5.69 Å². The summed E-state index contributed by atoms with van der Waals surface area (Å²) in [5, 5.41) is 6.98. The van der Waals surface area contributed by atoms with E-state index in [0.29, 0.717) is 24.7 Å². The topological polar surface area (TPSA) is 81.7 Å². The fourth-order valence-electron chi connectivity index (χ4n) is 3.05. The number of aryl methyl sites for hydroxylation is 1. The van der Waals surface area contributed by atoms with Gasteiger partial charge in [0.15, 0.2) is 6.54 Å². The average molecular weight is 395 g/mol. The van der Waals surface area contributed by atoms with Crippen molar-refractivity contribution in [2.24, 2.45) is 0 Å². The predicted octanol–water partition coefficient (Wildman–Crippen LogP) is 2.22. The van der Waals surface area contributed by atoms with Crippen molar-refractivity contribution in [3.63, 3.8) is 0 Å². The van der Waals surface area contributed by atoms with Crippen LogP contribution in [-0.2, 0) is 11.2 Å². The Morgan fingerprint density at radius 3 is 2.59 bits per heavy atom. The van der Waals surface area contributed by atoms with E-state index >= 15 is 0 Å². The Bertz CT molecular complexity index is 894. The maximum Gasteiger partial charge on any atom is 0.279 e. The van der Waals surface area contributed by atoms with Crippen LogP contribution in [0.25, 0.3) is 11.4 Å². The molecule has 2 N–H and O–H groups in total. The van der Waals surface area contributed by atoms with Gasteiger partial charge in [-0.25, -0.2) is 0 Å². The molecule has 0 fully saturated rings. The quantitative estimate of drug-likeness (QED) is 0.550. The molecule has 0 saturated heterocycles. The largest absolute Gasteiger partial charge is 0.497 e. The first-order valence-electron chi connectivity index (χ1n) is 9.83. The molecule has 1 heterocycles. The third-order valence-electron chi connectivity index (χ3n) is 4.71. The highest BCUT2D eigenvalue weighted by Gasteiger charge is 2.14. The van der Waals surface area contributed by atoms with Crippen molar-refractivity contribution in [2.45, 2.75) is 19.8 Å². The molecule has 0 aliphatic heterocycles. The molecule has 3 rings (SSSR count). The van der Waals surface area contributed by atoms with Crippen molar-refractivity contribution in [2.75, 3.05) is 32.1 Å². The second-order valence-electron chi connectivity index (χ2n) is 6.79. The van der Waals surface area contributed by atoms with Crippen LogP contribution in [-0.4, -0.2) is 42.8 Å². The van der Waals surface area contributed by atoms with Crippen LogP contribution in [0.5, 0.6) is 5.75 Å². The summed E-state index contributed by atoms with van der Waals surface area (Å²) >= 11 is 0. The summed E-state index contributed by atoms with van der Waals surface area (Å²) in [4.78, 5) is 18.0. The number of benzene rings is 2. The molecule has 29 heavy (non-hydrogen) atoms. The van der Waals surface area contributed by atoms with Crippen LogP contribution >= 0.6 is 0 Å². The summed E-state index contributed by atoms with van der Waals surface area (Å²) < 4.78 is 10.5. The lowest BCUT2D eigenvalue weighted by Crippen LogP contribution is -3.12. The Balaban J connectivity index is 1.44. The maximum absolute atomic E-state index is 12.3. The van der Waals surface area contributed by atoms with E-state index in [1.54, 1.807) is 7.11 Å². The third-order valence-corrected chi connectivity index (χ3v) is 4.71. The normalized spacial score (nSPS) is 11.8. The minimum absolute atomic E-state index is 0.00355. The number of likely N-dealkylation sites (N-methyl/N-ethyl adjacent to an activating group) is 1. The SMILES string of the molecule is CC[NH+](CCCc1nc(-c2ccccc2)no1)CC(=O)Nc1ccc(OC)cc1. The Hall–Kier alpha value is -3.19. The Morgan fingerprint density at radius 1 is 1.14 bits per heavy atom. The molecule has 7 nitrogen and oxygen atoms in total. The Labute approximate surface area is 170 Å². The van der Waals surface area contributed by atoms with Gasteiger partial charge >= 0.3 is 0 Å². The first kappa shape index (κ1) is 20.5. The van der Waals surface area contributed by atoms with E-state index in [-0.39, 0.29) is 5.91 Å². The van der Waals surface area contributed by atoms with Crippen molar-refractivity contribution in [3.8, 4) is 17.1 Å². The van der Waals surface area contributed by atoms with Gasteiger partial charge in [-0.05, 0) is 31.2 Å². The molecule has 0 radical (unpaired) electrons. The molecular formula is C22H27N4O3+. The highest BCUT2D eigenvalue weighted by atomic mass is 16.5. The van der Waals surface area contributed by atoms with Gasteiger partial charge in [0.2, 0.25) is 11.7 Å². The summed E-state index contributed by atoms with van der Waals surface area (Å²) in [6.07, 6.45) is 1.57. The summed E-state index contributed by atoms with van der Waals surface area (Å²) in [5.74, 6) is 2.00. The number of methoxy groups -OCH3 is 1. The fraction of sp³-hybridized carbons (Fsp3) is 0.318. The number of quaternary nitrogens is 1. The van der Waals surface area contributed by atoms with E-state index in [9.17, 15) is 4.79 Å². The zero-order valence-corrected chi connectivity index (χ0v) is 16.9. The molecule has 7 heteroatoms. The van der Waals surface area contributed by atoms with Crippen molar-refractivity contribution in [1.29, 1.82) is 0 Å². The molecule has 152 valence electrons. The number of hydrogen-bond acceptors (Lipinski definition) is 5. The predicted molar refractivity (Wildman–Crippen MR) is 111 cm³/mol. The number of carbonyl (C=O) groups excluding carboxylic acids is 1. The van der Waals surface area contributed by atoms with E-state index in [1.165, 1.54) is 4.90 Å². The summed E-state index contributed by atoms with van der Waals surface area (Å²) in [6.45, 7) is 4.22. The molecule has 1 aromatic heterocycles. The van der Waals surface area contributed by atoms with E-state index in [1.807, 2.05) is 54.6 Å². The minimum Gasteiger partial charge on any atom is -0.497 e. The number of nitrogens with one attached hydrogen (secondary N) is 2. The zero-order valence-electron chi connectivity index (χ0n) is 16.9. The number of amides is 1. The summed E-state index contributed by atoms with van der Waals surface area (Å²) in [7, 11) is 1.62. The van der Waals surface area contributed by atoms with Crippen LogP contribution in [0.1, 0.15) is 19.2 Å². The molecule has 0 aliphatic carbocycles. The molecule has 0 saturated carbocycles. The van der Waals surface area contributed by atoms with Gasteiger partial charge in [-0.2, -0.15) is 4.98 Å². The smallest absolute Gasteiger partial charge is 0.279 e. The highest BCUT2D eigenvalue weighted by molar-refractivity contribution is 5.91. The second kappa shape index (κ2) is 10.4. The highest BCUT2D eigenvalue weighted by Crippen LogP contribution is 2.15. The van der Waals surface area contributed by atoms with E-state index in [4.69, 9.17) is 9.26 Å². The van der Waals surface area contributed by atoms with Crippen molar-refractivity contribution < 1.29 is 19.0 Å². The fourth-order valence-corrected chi connectivity index (χ4v) is 3.05. The van der Waals surface area contributed by atoms with Gasteiger partial charge in [0.25, 0.3) is 5.91 Å². The molecule has 0 spiro atoms. The Morgan fingerprint density at radius 2 is 1.90 bits per heavy atom. The van der Waals surface area contributed by atoms with Gasteiger partial charge in [-0.3, -0.25) is 4.79 Å². The molecule has 1 atom stereocenters. The number of aromatic nitrogens is 2. The molecule has 0 bridgehead atoms. The molecule has 1 amide bonds. The van der Waals surface area contributed by atoms with Crippen molar-refractivity contribution >= 4 is 11.6 Å². The van der Waals surface area contributed by atoms with Crippen molar-refractivity contribution in [1.82, 2.24) is 10.1 Å². The second-order valence-corrected chi connectivity index (χ2v) is 6.79. The van der Waals surface area contributed by atoms with Crippen LogP contribution in [0, 0.1) is 0 Å². The molecule has 2 aromatic carbocycles. The van der Waals surface area contributed by atoms with E-state index in [0.717, 1.165) is 36.5 Å². The van der Waals surface area contributed by atoms with Gasteiger partial charge in [0.1, 0.15) is 5.75 Å². The summed E-state index contributed by atoms with van der Waals surface area (Å²) in [6, 6.07) is 17.1. The third kappa shape index (κ3) is 6.15. The van der Waals surface area contributed by atoms with E-state index in [2.05, 4.69) is 22.4 Å². The summed E-state index contributed by atoms with van der Waals surface area (Å²) in [5.41, 5.74) is 1.71. The van der Waals surface area contributed by atoms with E-state index < -0.39 is 0 Å². The number of rotatable bonds is 10. The monoisotopic (exact) mass is 395 g/mol. The van der Waals surface area contributed by atoms with Gasteiger partial charge in [-0.15, -0.1) is 0 Å². The number of carbonyl (C=O) groups is 1. The number of hydrogen-bond donors (Lipinski definition) is 2. The van der Waals surface area contributed by atoms with Gasteiger partial charge in [0, 0.05) is 24.1 Å². The number of anilines is 1. The van der Waals surface area contributed by atoms with Crippen LogP contribution < -0.4 is 15.0 Å². The Kier molecular flexibility index (Phi) is 7.35. The molecule has 3 aromatic rings. The number of ether oxygens (including phenoxy) is 1. The van der Waals surface area contributed by atoms with Crippen molar-refractivity contribution in [3.05, 3.63) is 60.5 Å². The minimum atomic E-state index is -0.00355. The number of nitrogens with zero attached hydrogens (tertiary/aromatic N) is 2. The molecule has 0 aliphatic rings. The van der Waals surface area contributed by atoms with Crippen LogP contribution in [0.15, 0.2) is 59.1 Å². The lowest BCUT2D eigenvalue weighted by Gasteiger charge is -2.16. The van der Waals surface area contributed by atoms with Crippen LogP contribution in [0.2, 0.25) is 0 Å². The van der Waals surface area contributed by atoms with Gasteiger partial charge in [-0.1, -0.05) is 35.5 Å². The zero-order chi connectivity index (χ0) is 20.5. The van der Waals surface area contributed by atoms with Crippen LogP contribution in [0.3, 0.4) is 0 Å².